The summed E-state index contributed by atoms with van der Waals surface area (Å²) >= 11 is 0. The molecule has 23 heavy (non-hydrogen) atoms. The quantitative estimate of drug-likeness (QED) is 0.781. The molecule has 3 aromatic rings. The van der Waals surface area contributed by atoms with Gasteiger partial charge in [0.25, 0.3) is 0 Å². The normalized spacial score (nSPS) is 10.5. The van der Waals surface area contributed by atoms with E-state index in [1.165, 1.54) is 5.56 Å². The minimum atomic E-state index is 0.216. The number of nitrogens with zero attached hydrogens (tertiary/aromatic N) is 2. The number of rotatable bonds is 3. The van der Waals surface area contributed by atoms with Gasteiger partial charge in [-0.2, -0.15) is 5.26 Å². The van der Waals surface area contributed by atoms with Crippen molar-refractivity contribution in [3.63, 3.8) is 0 Å². The number of hydrogen-bond donors (Lipinski definition) is 1. The standard InChI is InChI=1S/C19H17N3O/c1-3-13-5-7-14(8-6-13)17-10-15(16(11-20)19(21)22-17)18-9-4-12(2)23-18/h4-10H,3H2,1-2H3,(H2,21,22). The van der Waals surface area contributed by atoms with E-state index in [1.54, 1.807) is 0 Å². The first-order valence-corrected chi connectivity index (χ1v) is 7.49. The van der Waals surface area contributed by atoms with Gasteiger partial charge in [0.05, 0.1) is 5.69 Å². The molecule has 2 heterocycles. The highest BCUT2D eigenvalue weighted by molar-refractivity contribution is 5.78. The molecule has 0 bridgehead atoms. The summed E-state index contributed by atoms with van der Waals surface area (Å²) in [7, 11) is 0. The van der Waals surface area contributed by atoms with Gasteiger partial charge >= 0.3 is 0 Å². The molecule has 2 aromatic heterocycles. The number of anilines is 1. The summed E-state index contributed by atoms with van der Waals surface area (Å²) in [6.45, 7) is 3.98. The van der Waals surface area contributed by atoms with Gasteiger partial charge in [-0.15, -0.1) is 0 Å². The zero-order valence-corrected chi connectivity index (χ0v) is 13.1. The van der Waals surface area contributed by atoms with Gasteiger partial charge in [0, 0.05) is 11.1 Å². The number of aryl methyl sites for hydroxylation is 2. The Kier molecular flexibility index (Phi) is 3.86. The Morgan fingerprint density at radius 1 is 1.17 bits per heavy atom. The molecule has 2 N–H and O–H groups in total. The van der Waals surface area contributed by atoms with Crippen LogP contribution in [0.1, 0.15) is 23.8 Å². The van der Waals surface area contributed by atoms with Gasteiger partial charge in [0.1, 0.15) is 29.0 Å². The number of aromatic nitrogens is 1. The highest BCUT2D eigenvalue weighted by Crippen LogP contribution is 2.32. The molecule has 0 aliphatic heterocycles. The lowest BCUT2D eigenvalue weighted by Crippen LogP contribution is -1.99. The van der Waals surface area contributed by atoms with E-state index in [0.717, 1.165) is 23.4 Å². The van der Waals surface area contributed by atoms with Gasteiger partial charge in [0.2, 0.25) is 0 Å². The molecule has 0 amide bonds. The van der Waals surface area contributed by atoms with E-state index < -0.39 is 0 Å². The first kappa shape index (κ1) is 14.9. The van der Waals surface area contributed by atoms with Crippen molar-refractivity contribution in [3.05, 3.63) is 59.4 Å². The largest absolute Gasteiger partial charge is 0.461 e. The van der Waals surface area contributed by atoms with E-state index in [9.17, 15) is 5.26 Å². The summed E-state index contributed by atoms with van der Waals surface area (Å²) in [6.07, 6.45) is 0.986. The Balaban J connectivity index is 2.16. The Bertz CT molecular complexity index is 886. The zero-order chi connectivity index (χ0) is 16.4. The second-order valence-corrected chi connectivity index (χ2v) is 5.39. The molecular formula is C19H17N3O. The third-order valence-corrected chi connectivity index (χ3v) is 3.82. The van der Waals surface area contributed by atoms with Gasteiger partial charge in [0.15, 0.2) is 0 Å². The van der Waals surface area contributed by atoms with Crippen molar-refractivity contribution in [2.24, 2.45) is 0 Å². The Morgan fingerprint density at radius 2 is 1.91 bits per heavy atom. The Hall–Kier alpha value is -3.06. The van der Waals surface area contributed by atoms with E-state index in [4.69, 9.17) is 10.2 Å². The molecule has 114 valence electrons. The summed E-state index contributed by atoms with van der Waals surface area (Å²) in [6, 6.07) is 15.9. The van der Waals surface area contributed by atoms with Crippen LogP contribution in [0.25, 0.3) is 22.6 Å². The monoisotopic (exact) mass is 303 g/mol. The SMILES string of the molecule is CCc1ccc(-c2cc(-c3ccc(C)o3)c(C#N)c(N)n2)cc1. The predicted molar refractivity (Wildman–Crippen MR) is 90.6 cm³/mol. The summed E-state index contributed by atoms with van der Waals surface area (Å²) in [5.41, 5.74) is 9.96. The maximum atomic E-state index is 9.39. The second kappa shape index (κ2) is 5.98. The van der Waals surface area contributed by atoms with Crippen LogP contribution in [0.15, 0.2) is 46.9 Å². The van der Waals surface area contributed by atoms with E-state index in [0.29, 0.717) is 16.9 Å². The molecule has 0 unspecified atom stereocenters. The lowest BCUT2D eigenvalue weighted by atomic mass is 10.0. The van der Waals surface area contributed by atoms with E-state index in [2.05, 4.69) is 30.1 Å². The van der Waals surface area contributed by atoms with E-state index in [-0.39, 0.29) is 5.82 Å². The molecule has 0 aliphatic carbocycles. The van der Waals surface area contributed by atoms with Crippen LogP contribution < -0.4 is 5.73 Å². The van der Waals surface area contributed by atoms with Crippen LogP contribution in [0.4, 0.5) is 5.82 Å². The minimum Gasteiger partial charge on any atom is -0.461 e. The van der Waals surface area contributed by atoms with Gasteiger partial charge < -0.3 is 10.2 Å². The first-order chi connectivity index (χ1) is 11.1. The molecule has 0 fully saturated rings. The van der Waals surface area contributed by atoms with Crippen molar-refractivity contribution in [2.45, 2.75) is 20.3 Å². The topological polar surface area (TPSA) is 75.8 Å². The fourth-order valence-corrected chi connectivity index (χ4v) is 2.52. The van der Waals surface area contributed by atoms with Crippen molar-refractivity contribution in [1.82, 2.24) is 4.98 Å². The lowest BCUT2D eigenvalue weighted by Gasteiger charge is -2.09. The van der Waals surface area contributed by atoms with Crippen LogP contribution in [-0.4, -0.2) is 4.98 Å². The van der Waals surface area contributed by atoms with Crippen molar-refractivity contribution in [2.75, 3.05) is 5.73 Å². The number of nitrogen functional groups attached to an aromatic ring is 1. The average Bonchev–Trinajstić information content (AvgIpc) is 3.00. The summed E-state index contributed by atoms with van der Waals surface area (Å²) < 4.78 is 5.66. The molecule has 0 atom stereocenters. The van der Waals surface area contributed by atoms with Crippen LogP contribution in [0, 0.1) is 18.3 Å². The fourth-order valence-electron chi connectivity index (χ4n) is 2.52. The lowest BCUT2D eigenvalue weighted by molar-refractivity contribution is 0.548. The van der Waals surface area contributed by atoms with Crippen molar-refractivity contribution in [3.8, 4) is 28.7 Å². The first-order valence-electron chi connectivity index (χ1n) is 7.49. The molecule has 4 heteroatoms. The smallest absolute Gasteiger partial charge is 0.142 e. The van der Waals surface area contributed by atoms with Crippen molar-refractivity contribution < 1.29 is 4.42 Å². The number of benzene rings is 1. The van der Waals surface area contributed by atoms with Crippen LogP contribution in [0.2, 0.25) is 0 Å². The molecule has 0 spiro atoms. The zero-order valence-electron chi connectivity index (χ0n) is 13.1. The number of hydrogen-bond acceptors (Lipinski definition) is 4. The minimum absolute atomic E-state index is 0.216. The van der Waals surface area contributed by atoms with Crippen LogP contribution in [0.5, 0.6) is 0 Å². The Labute approximate surface area is 135 Å². The highest BCUT2D eigenvalue weighted by atomic mass is 16.3. The van der Waals surface area contributed by atoms with E-state index in [1.807, 2.05) is 37.3 Å². The number of nitrogens with two attached hydrogens (primary N) is 1. The second-order valence-electron chi connectivity index (χ2n) is 5.39. The molecule has 4 nitrogen and oxygen atoms in total. The van der Waals surface area contributed by atoms with Crippen LogP contribution in [-0.2, 0) is 6.42 Å². The molecule has 0 saturated carbocycles. The number of pyridine rings is 1. The predicted octanol–water partition coefficient (Wildman–Crippen LogP) is 4.33. The number of furan rings is 1. The van der Waals surface area contributed by atoms with Gasteiger partial charge in [-0.25, -0.2) is 4.98 Å². The third-order valence-electron chi connectivity index (χ3n) is 3.82. The van der Waals surface area contributed by atoms with Crippen molar-refractivity contribution in [1.29, 1.82) is 5.26 Å². The van der Waals surface area contributed by atoms with E-state index >= 15 is 0 Å². The fraction of sp³-hybridized carbons (Fsp3) is 0.158. The molecule has 3 rings (SSSR count). The van der Waals surface area contributed by atoms with Crippen LogP contribution >= 0.6 is 0 Å². The highest BCUT2D eigenvalue weighted by Gasteiger charge is 2.15. The molecule has 0 radical (unpaired) electrons. The molecule has 0 saturated heterocycles. The number of nitriles is 1. The summed E-state index contributed by atoms with van der Waals surface area (Å²) in [5.74, 6) is 1.63. The van der Waals surface area contributed by atoms with Crippen LogP contribution in [0.3, 0.4) is 0 Å². The third kappa shape index (κ3) is 2.82. The maximum absolute atomic E-state index is 9.39. The summed E-state index contributed by atoms with van der Waals surface area (Å²) in [4.78, 5) is 4.38. The average molecular weight is 303 g/mol. The van der Waals surface area contributed by atoms with Gasteiger partial charge in [-0.1, -0.05) is 31.2 Å². The van der Waals surface area contributed by atoms with Gasteiger partial charge in [-0.05, 0) is 37.1 Å². The van der Waals surface area contributed by atoms with Crippen molar-refractivity contribution >= 4 is 5.82 Å². The molecule has 0 aliphatic rings. The molecular weight excluding hydrogens is 286 g/mol. The maximum Gasteiger partial charge on any atom is 0.142 e. The Morgan fingerprint density at radius 3 is 2.48 bits per heavy atom. The molecule has 1 aromatic carbocycles. The summed E-state index contributed by atoms with van der Waals surface area (Å²) in [5, 5.41) is 9.39. The van der Waals surface area contributed by atoms with Gasteiger partial charge in [-0.3, -0.25) is 0 Å².